The summed E-state index contributed by atoms with van der Waals surface area (Å²) in [5, 5.41) is 8.79. The second kappa shape index (κ2) is 6.43. The molecular weight excluding hydrogens is 258 g/mol. The zero-order valence-corrected chi connectivity index (χ0v) is 13.1. The monoisotopic (exact) mass is 285 g/mol. The van der Waals surface area contributed by atoms with E-state index < -0.39 is 11.7 Å². The van der Waals surface area contributed by atoms with Crippen molar-refractivity contribution in [2.75, 3.05) is 19.6 Å². The van der Waals surface area contributed by atoms with Gasteiger partial charge >= 0.3 is 6.09 Å². The predicted octanol–water partition coefficient (Wildman–Crippen LogP) is 1.02. The molecule has 6 nitrogen and oxygen atoms in total. The Kier molecular flexibility index (Phi) is 5.39. The maximum atomic E-state index is 11.7. The van der Waals surface area contributed by atoms with E-state index >= 15 is 0 Å². The SMILES string of the molecule is CC(C)(C)OC(=O)NCCCNC1C(=O)NCC1(C)C. The minimum absolute atomic E-state index is 0.0510. The number of nitrogens with one attached hydrogen (secondary N) is 3. The highest BCUT2D eigenvalue weighted by Crippen LogP contribution is 2.24. The van der Waals surface area contributed by atoms with Crippen LogP contribution in [-0.2, 0) is 9.53 Å². The van der Waals surface area contributed by atoms with E-state index in [4.69, 9.17) is 4.74 Å². The van der Waals surface area contributed by atoms with Gasteiger partial charge in [-0.2, -0.15) is 0 Å². The Morgan fingerprint density at radius 3 is 2.55 bits per heavy atom. The highest BCUT2D eigenvalue weighted by Gasteiger charge is 2.40. The van der Waals surface area contributed by atoms with E-state index in [2.05, 4.69) is 29.8 Å². The largest absolute Gasteiger partial charge is 0.444 e. The second-order valence-corrected chi connectivity index (χ2v) is 6.88. The lowest BCUT2D eigenvalue weighted by Crippen LogP contribution is -2.44. The smallest absolute Gasteiger partial charge is 0.407 e. The van der Waals surface area contributed by atoms with Gasteiger partial charge < -0.3 is 20.7 Å². The molecule has 1 saturated heterocycles. The molecule has 1 aliphatic heterocycles. The van der Waals surface area contributed by atoms with Crippen LogP contribution in [0.2, 0.25) is 0 Å². The van der Waals surface area contributed by atoms with Gasteiger partial charge in [0.05, 0.1) is 6.04 Å². The van der Waals surface area contributed by atoms with Crippen LogP contribution in [0, 0.1) is 5.41 Å². The fraction of sp³-hybridized carbons (Fsp3) is 0.857. The normalized spacial score (nSPS) is 21.4. The number of carbonyl (C=O) groups excluding carboxylic acids is 2. The summed E-state index contributed by atoms with van der Waals surface area (Å²) in [5.74, 6) is 0.0510. The third kappa shape index (κ3) is 5.36. The molecule has 3 N–H and O–H groups in total. The van der Waals surface area contributed by atoms with Gasteiger partial charge in [-0.25, -0.2) is 4.79 Å². The molecule has 1 rings (SSSR count). The van der Waals surface area contributed by atoms with Crippen LogP contribution in [0.3, 0.4) is 0 Å². The Bertz CT molecular complexity index is 361. The molecule has 20 heavy (non-hydrogen) atoms. The molecule has 1 unspecified atom stereocenters. The fourth-order valence-electron chi connectivity index (χ4n) is 2.08. The third-order valence-corrected chi connectivity index (χ3v) is 3.13. The van der Waals surface area contributed by atoms with Gasteiger partial charge in [0.25, 0.3) is 0 Å². The lowest BCUT2D eigenvalue weighted by molar-refractivity contribution is -0.121. The molecule has 0 spiro atoms. The number of hydrogen-bond donors (Lipinski definition) is 3. The number of carbonyl (C=O) groups is 2. The number of amides is 2. The van der Waals surface area contributed by atoms with Crippen molar-refractivity contribution in [1.82, 2.24) is 16.0 Å². The van der Waals surface area contributed by atoms with E-state index in [1.54, 1.807) is 0 Å². The van der Waals surface area contributed by atoms with Crippen LogP contribution in [-0.4, -0.2) is 43.3 Å². The Morgan fingerprint density at radius 1 is 1.40 bits per heavy atom. The van der Waals surface area contributed by atoms with Crippen LogP contribution in [0.25, 0.3) is 0 Å². The zero-order chi connectivity index (χ0) is 15.4. The minimum Gasteiger partial charge on any atom is -0.444 e. The van der Waals surface area contributed by atoms with Crippen LogP contribution >= 0.6 is 0 Å². The topological polar surface area (TPSA) is 79.5 Å². The van der Waals surface area contributed by atoms with E-state index in [-0.39, 0.29) is 17.4 Å². The summed E-state index contributed by atoms with van der Waals surface area (Å²) >= 11 is 0. The van der Waals surface area contributed by atoms with Crippen LogP contribution < -0.4 is 16.0 Å². The molecule has 0 aromatic rings. The Balaban J connectivity index is 2.17. The Hall–Kier alpha value is -1.30. The third-order valence-electron chi connectivity index (χ3n) is 3.13. The molecule has 0 aromatic heterocycles. The minimum atomic E-state index is -0.478. The van der Waals surface area contributed by atoms with Gasteiger partial charge in [-0.1, -0.05) is 13.8 Å². The lowest BCUT2D eigenvalue weighted by atomic mass is 9.87. The Labute approximate surface area is 121 Å². The standard InChI is InChI=1S/C14H27N3O3/c1-13(2,3)20-12(19)16-8-6-7-15-10-11(18)17-9-14(10,4)5/h10,15H,6-9H2,1-5H3,(H,16,19)(H,17,18). The summed E-state index contributed by atoms with van der Waals surface area (Å²) in [6.07, 6.45) is 0.343. The summed E-state index contributed by atoms with van der Waals surface area (Å²) in [5.41, 5.74) is -0.552. The van der Waals surface area contributed by atoms with Crippen molar-refractivity contribution >= 4 is 12.0 Å². The van der Waals surface area contributed by atoms with Gasteiger partial charge in [0, 0.05) is 18.5 Å². The van der Waals surface area contributed by atoms with E-state index in [0.717, 1.165) is 6.42 Å². The van der Waals surface area contributed by atoms with Crippen LogP contribution in [0.4, 0.5) is 4.79 Å². The molecule has 0 bridgehead atoms. The maximum Gasteiger partial charge on any atom is 0.407 e. The Morgan fingerprint density at radius 2 is 2.05 bits per heavy atom. The highest BCUT2D eigenvalue weighted by molar-refractivity contribution is 5.85. The van der Waals surface area contributed by atoms with Crippen molar-refractivity contribution in [3.63, 3.8) is 0 Å². The molecule has 0 aromatic carbocycles. The maximum absolute atomic E-state index is 11.7. The quantitative estimate of drug-likeness (QED) is 0.659. The first kappa shape index (κ1) is 16.8. The molecule has 2 amide bonds. The van der Waals surface area contributed by atoms with Crippen molar-refractivity contribution < 1.29 is 14.3 Å². The van der Waals surface area contributed by atoms with E-state index in [9.17, 15) is 9.59 Å². The van der Waals surface area contributed by atoms with Gasteiger partial charge in [0.2, 0.25) is 5.91 Å². The lowest BCUT2D eigenvalue weighted by Gasteiger charge is -2.24. The van der Waals surface area contributed by atoms with Crippen molar-refractivity contribution in [3.8, 4) is 0 Å². The molecule has 1 fully saturated rings. The summed E-state index contributed by atoms with van der Waals surface area (Å²) in [7, 11) is 0. The molecule has 0 saturated carbocycles. The van der Waals surface area contributed by atoms with Crippen molar-refractivity contribution in [2.45, 2.75) is 52.7 Å². The number of alkyl carbamates (subject to hydrolysis) is 1. The number of hydrogen-bond acceptors (Lipinski definition) is 4. The molecule has 6 heteroatoms. The van der Waals surface area contributed by atoms with Gasteiger partial charge in [0.1, 0.15) is 5.60 Å². The molecule has 1 heterocycles. The first-order valence-corrected chi connectivity index (χ1v) is 7.10. The summed E-state index contributed by atoms with van der Waals surface area (Å²) in [6, 6.07) is -0.163. The molecule has 0 aliphatic carbocycles. The van der Waals surface area contributed by atoms with Crippen molar-refractivity contribution in [2.24, 2.45) is 5.41 Å². The number of rotatable bonds is 5. The first-order chi connectivity index (χ1) is 9.12. The average molecular weight is 285 g/mol. The predicted molar refractivity (Wildman–Crippen MR) is 77.4 cm³/mol. The summed E-state index contributed by atoms with van der Waals surface area (Å²) in [4.78, 5) is 23.1. The second-order valence-electron chi connectivity index (χ2n) is 6.88. The molecule has 1 atom stereocenters. The molecule has 116 valence electrons. The van der Waals surface area contributed by atoms with Gasteiger partial charge in [-0.15, -0.1) is 0 Å². The van der Waals surface area contributed by atoms with Crippen LogP contribution in [0.5, 0.6) is 0 Å². The van der Waals surface area contributed by atoms with E-state index in [0.29, 0.717) is 19.6 Å². The van der Waals surface area contributed by atoms with Crippen LogP contribution in [0.15, 0.2) is 0 Å². The van der Waals surface area contributed by atoms with Gasteiger partial charge in [0.15, 0.2) is 0 Å². The summed E-state index contributed by atoms with van der Waals surface area (Å²) in [6.45, 7) is 11.5. The zero-order valence-electron chi connectivity index (χ0n) is 13.1. The summed E-state index contributed by atoms with van der Waals surface area (Å²) < 4.78 is 5.13. The average Bonchev–Trinajstić information content (AvgIpc) is 2.52. The first-order valence-electron chi connectivity index (χ1n) is 7.10. The molecular formula is C14H27N3O3. The highest BCUT2D eigenvalue weighted by atomic mass is 16.6. The van der Waals surface area contributed by atoms with E-state index in [1.165, 1.54) is 0 Å². The molecule has 1 aliphatic rings. The van der Waals surface area contributed by atoms with Crippen molar-refractivity contribution in [3.05, 3.63) is 0 Å². The van der Waals surface area contributed by atoms with Crippen LogP contribution in [0.1, 0.15) is 41.0 Å². The van der Waals surface area contributed by atoms with Gasteiger partial charge in [-0.3, -0.25) is 4.79 Å². The van der Waals surface area contributed by atoms with E-state index in [1.807, 2.05) is 20.8 Å². The molecule has 0 radical (unpaired) electrons. The van der Waals surface area contributed by atoms with Gasteiger partial charge in [-0.05, 0) is 33.7 Å². The number of ether oxygens (including phenoxy) is 1. The fourth-order valence-corrected chi connectivity index (χ4v) is 2.08. The van der Waals surface area contributed by atoms with Crippen molar-refractivity contribution in [1.29, 1.82) is 0 Å².